The van der Waals surface area contributed by atoms with E-state index >= 15 is 0 Å². The molecule has 0 spiro atoms. The maximum absolute atomic E-state index is 8.64. The zero-order chi connectivity index (χ0) is 15.5. The predicted molar refractivity (Wildman–Crippen MR) is 80.3 cm³/mol. The van der Waals surface area contributed by atoms with E-state index in [-0.39, 0.29) is 6.61 Å². The Kier molecular flexibility index (Phi) is 8.57. The van der Waals surface area contributed by atoms with Gasteiger partial charge in [0, 0.05) is 6.54 Å². The Morgan fingerprint density at radius 3 is 2.24 bits per heavy atom. The lowest BCUT2D eigenvalue weighted by atomic mass is 10.1. The zero-order valence-electron chi connectivity index (χ0n) is 13.0. The molecule has 0 saturated heterocycles. The second-order valence-corrected chi connectivity index (χ2v) is 4.29. The normalized spacial score (nSPS) is 10.5. The highest BCUT2D eigenvalue weighted by molar-refractivity contribution is 5.53. The lowest BCUT2D eigenvalue weighted by molar-refractivity contribution is 0.0692. The van der Waals surface area contributed by atoms with Gasteiger partial charge in [0.2, 0.25) is 5.75 Å². The van der Waals surface area contributed by atoms with Gasteiger partial charge in [-0.1, -0.05) is 6.92 Å². The Balaban J connectivity index is 2.75. The molecular weight excluding hydrogens is 274 g/mol. The van der Waals surface area contributed by atoms with E-state index in [9.17, 15) is 0 Å². The van der Waals surface area contributed by atoms with Crippen molar-refractivity contribution in [3.8, 4) is 17.2 Å². The van der Waals surface area contributed by atoms with Crippen molar-refractivity contribution in [2.24, 2.45) is 0 Å². The number of nitrogens with one attached hydrogen (secondary N) is 1. The monoisotopic (exact) mass is 299 g/mol. The number of hydrogen-bond acceptors (Lipinski definition) is 6. The van der Waals surface area contributed by atoms with Crippen molar-refractivity contribution in [2.45, 2.75) is 13.5 Å². The van der Waals surface area contributed by atoms with Crippen molar-refractivity contribution in [1.29, 1.82) is 0 Å². The maximum Gasteiger partial charge on any atom is 0.203 e. The highest BCUT2D eigenvalue weighted by Crippen LogP contribution is 2.38. The van der Waals surface area contributed by atoms with Crippen LogP contribution in [0.25, 0.3) is 0 Å². The Morgan fingerprint density at radius 2 is 1.71 bits per heavy atom. The highest BCUT2D eigenvalue weighted by atomic mass is 16.6. The smallest absolute Gasteiger partial charge is 0.203 e. The van der Waals surface area contributed by atoms with Crippen LogP contribution in [-0.2, 0) is 11.3 Å². The molecule has 0 heterocycles. The minimum absolute atomic E-state index is 0.00572. The van der Waals surface area contributed by atoms with Crippen LogP contribution in [0.4, 0.5) is 0 Å². The second kappa shape index (κ2) is 10.3. The molecule has 0 saturated carbocycles. The van der Waals surface area contributed by atoms with Gasteiger partial charge in [0.25, 0.3) is 0 Å². The Labute approximate surface area is 126 Å². The maximum atomic E-state index is 8.64. The molecule has 1 aromatic rings. The van der Waals surface area contributed by atoms with Gasteiger partial charge in [-0.3, -0.25) is 0 Å². The van der Waals surface area contributed by atoms with E-state index in [4.69, 9.17) is 24.1 Å². The molecule has 1 rings (SSSR count). The lowest BCUT2D eigenvalue weighted by Crippen LogP contribution is -2.13. The van der Waals surface area contributed by atoms with Crippen molar-refractivity contribution >= 4 is 0 Å². The van der Waals surface area contributed by atoms with Gasteiger partial charge in [-0.2, -0.15) is 0 Å². The second-order valence-electron chi connectivity index (χ2n) is 4.29. The van der Waals surface area contributed by atoms with Gasteiger partial charge < -0.3 is 29.4 Å². The molecule has 2 N–H and O–H groups in total. The van der Waals surface area contributed by atoms with E-state index in [1.165, 1.54) is 0 Å². The summed E-state index contributed by atoms with van der Waals surface area (Å²) in [7, 11) is 3.20. The van der Waals surface area contributed by atoms with E-state index in [0.29, 0.717) is 37.1 Å². The van der Waals surface area contributed by atoms with Gasteiger partial charge in [-0.05, 0) is 24.2 Å². The summed E-state index contributed by atoms with van der Waals surface area (Å²) in [6.45, 7) is 4.75. The van der Waals surface area contributed by atoms with Crippen LogP contribution in [0.5, 0.6) is 17.2 Å². The molecule has 21 heavy (non-hydrogen) atoms. The van der Waals surface area contributed by atoms with Crippen molar-refractivity contribution < 1.29 is 24.1 Å². The number of ether oxygens (including phenoxy) is 4. The first-order valence-electron chi connectivity index (χ1n) is 7.03. The summed E-state index contributed by atoms with van der Waals surface area (Å²) in [6, 6.07) is 3.85. The summed E-state index contributed by atoms with van der Waals surface area (Å²) in [5.41, 5.74) is 1.06. The van der Waals surface area contributed by atoms with Crippen LogP contribution in [0.15, 0.2) is 12.1 Å². The van der Waals surface area contributed by atoms with Crippen LogP contribution in [0.3, 0.4) is 0 Å². The fourth-order valence-electron chi connectivity index (χ4n) is 1.82. The summed E-state index contributed by atoms with van der Waals surface area (Å²) in [5.74, 6) is 1.82. The Hall–Kier alpha value is -1.50. The van der Waals surface area contributed by atoms with E-state index in [1.54, 1.807) is 14.2 Å². The number of aliphatic hydroxyl groups excluding tert-OH is 1. The molecule has 0 bridgehead atoms. The van der Waals surface area contributed by atoms with Crippen LogP contribution in [0.2, 0.25) is 0 Å². The van der Waals surface area contributed by atoms with Gasteiger partial charge in [0.05, 0.1) is 34.0 Å². The van der Waals surface area contributed by atoms with E-state index < -0.39 is 0 Å². The number of aliphatic hydroxyl groups is 1. The average Bonchev–Trinajstić information content (AvgIpc) is 2.52. The first kappa shape index (κ1) is 17.6. The van der Waals surface area contributed by atoms with Gasteiger partial charge in [-0.15, -0.1) is 0 Å². The first-order chi connectivity index (χ1) is 10.3. The van der Waals surface area contributed by atoms with Gasteiger partial charge >= 0.3 is 0 Å². The van der Waals surface area contributed by atoms with Crippen LogP contribution >= 0.6 is 0 Å². The summed E-state index contributed by atoms with van der Waals surface area (Å²) in [4.78, 5) is 0. The van der Waals surface area contributed by atoms with Gasteiger partial charge in [-0.25, -0.2) is 0 Å². The third-order valence-electron chi connectivity index (χ3n) is 2.81. The lowest BCUT2D eigenvalue weighted by Gasteiger charge is -2.16. The van der Waals surface area contributed by atoms with Crippen molar-refractivity contribution in [3.63, 3.8) is 0 Å². The van der Waals surface area contributed by atoms with E-state index in [1.807, 2.05) is 12.1 Å². The molecule has 0 unspecified atom stereocenters. The first-order valence-corrected chi connectivity index (χ1v) is 7.03. The summed E-state index contributed by atoms with van der Waals surface area (Å²) in [6.07, 6.45) is 0. The fraction of sp³-hybridized carbons (Fsp3) is 0.600. The van der Waals surface area contributed by atoms with Gasteiger partial charge in [0.1, 0.15) is 6.61 Å². The third-order valence-corrected chi connectivity index (χ3v) is 2.81. The summed E-state index contributed by atoms with van der Waals surface area (Å²) < 4.78 is 21.6. The molecule has 0 aliphatic heterocycles. The number of methoxy groups -OCH3 is 2. The fourth-order valence-corrected chi connectivity index (χ4v) is 1.82. The molecule has 0 atom stereocenters. The van der Waals surface area contributed by atoms with E-state index in [0.717, 1.165) is 18.7 Å². The number of benzene rings is 1. The highest BCUT2D eigenvalue weighted by Gasteiger charge is 2.14. The van der Waals surface area contributed by atoms with Crippen molar-refractivity contribution in [2.75, 3.05) is 47.2 Å². The molecule has 0 radical (unpaired) electrons. The summed E-state index contributed by atoms with van der Waals surface area (Å²) >= 11 is 0. The largest absolute Gasteiger partial charge is 0.493 e. The molecule has 0 aliphatic rings. The Morgan fingerprint density at radius 1 is 1.05 bits per heavy atom. The van der Waals surface area contributed by atoms with Crippen LogP contribution in [-0.4, -0.2) is 52.3 Å². The van der Waals surface area contributed by atoms with Crippen molar-refractivity contribution in [3.05, 3.63) is 17.7 Å². The average molecular weight is 299 g/mol. The predicted octanol–water partition coefficient (Wildman–Crippen LogP) is 1.20. The molecule has 6 nitrogen and oxygen atoms in total. The Bertz CT molecular complexity index is 386. The van der Waals surface area contributed by atoms with Crippen LogP contribution in [0, 0.1) is 0 Å². The van der Waals surface area contributed by atoms with Crippen LogP contribution in [0.1, 0.15) is 12.5 Å². The van der Waals surface area contributed by atoms with Crippen molar-refractivity contribution in [1.82, 2.24) is 5.32 Å². The topological polar surface area (TPSA) is 69.2 Å². The summed E-state index contributed by atoms with van der Waals surface area (Å²) in [5, 5.41) is 11.9. The van der Waals surface area contributed by atoms with E-state index in [2.05, 4.69) is 12.2 Å². The molecule has 0 aliphatic carbocycles. The molecular formula is C15H25NO5. The van der Waals surface area contributed by atoms with Crippen LogP contribution < -0.4 is 19.5 Å². The molecule has 0 aromatic heterocycles. The molecule has 1 aromatic carbocycles. The number of hydrogen-bond donors (Lipinski definition) is 2. The molecule has 120 valence electrons. The quantitative estimate of drug-likeness (QED) is 0.598. The third kappa shape index (κ3) is 5.79. The molecule has 0 amide bonds. The SMILES string of the molecule is CCNCc1cc(OC)c(OCCOCCO)c(OC)c1. The standard InChI is InChI=1S/C15H25NO5/c1-4-16-11-12-9-13(18-2)15(14(10-12)19-3)21-8-7-20-6-5-17/h9-10,16-17H,4-8,11H2,1-3H3. The molecule has 6 heteroatoms. The minimum atomic E-state index is 0.00572. The molecule has 0 fully saturated rings. The minimum Gasteiger partial charge on any atom is -0.493 e. The number of rotatable bonds is 11. The zero-order valence-corrected chi connectivity index (χ0v) is 13.0. The van der Waals surface area contributed by atoms with Gasteiger partial charge in [0.15, 0.2) is 11.5 Å².